The normalized spacial score (nSPS) is 11.5. The summed E-state index contributed by atoms with van der Waals surface area (Å²) in [5.74, 6) is -2.66. The first-order valence-electron chi connectivity index (χ1n) is 8.01. The zero-order valence-corrected chi connectivity index (χ0v) is 14.4. The minimum absolute atomic E-state index is 0.0694. The zero-order chi connectivity index (χ0) is 19.1. The van der Waals surface area contributed by atoms with E-state index in [-0.39, 0.29) is 13.0 Å². The summed E-state index contributed by atoms with van der Waals surface area (Å²) in [7, 11) is 0. The van der Waals surface area contributed by atoms with Gasteiger partial charge in [-0.3, -0.25) is 9.59 Å². The first kappa shape index (κ1) is 19.4. The molecule has 0 aliphatic rings. The minimum atomic E-state index is -1.21. The molecule has 138 valence electrons. The van der Waals surface area contributed by atoms with Crippen LogP contribution in [0.3, 0.4) is 0 Å². The van der Waals surface area contributed by atoms with Crippen LogP contribution in [0.25, 0.3) is 0 Å². The summed E-state index contributed by atoms with van der Waals surface area (Å²) in [4.78, 5) is 23.7. The van der Waals surface area contributed by atoms with Gasteiger partial charge in [-0.15, -0.1) is 0 Å². The maximum atomic E-state index is 13.5. The largest absolute Gasteiger partial charge is 0.493 e. The van der Waals surface area contributed by atoms with Gasteiger partial charge in [-0.25, -0.2) is 8.78 Å². The number of anilines is 1. The van der Waals surface area contributed by atoms with Crippen LogP contribution >= 0.6 is 0 Å². The van der Waals surface area contributed by atoms with Crippen molar-refractivity contribution in [3.05, 3.63) is 59.7 Å². The number of nitrogens with one attached hydrogen (secondary N) is 1. The van der Waals surface area contributed by atoms with Crippen LogP contribution in [0.1, 0.15) is 18.9 Å². The van der Waals surface area contributed by atoms with E-state index in [4.69, 9.17) is 9.47 Å². The highest BCUT2D eigenvalue weighted by Crippen LogP contribution is 2.19. The van der Waals surface area contributed by atoms with E-state index in [0.717, 1.165) is 17.7 Å². The van der Waals surface area contributed by atoms with E-state index in [9.17, 15) is 18.4 Å². The van der Waals surface area contributed by atoms with Gasteiger partial charge < -0.3 is 14.8 Å². The van der Waals surface area contributed by atoms with Crippen LogP contribution in [0.15, 0.2) is 42.5 Å². The van der Waals surface area contributed by atoms with Gasteiger partial charge in [0.15, 0.2) is 6.10 Å². The number of aryl methyl sites for hydroxylation is 1. The summed E-state index contributed by atoms with van der Waals surface area (Å²) in [5, 5.41) is 2.08. The second-order valence-corrected chi connectivity index (χ2v) is 5.58. The molecule has 1 N–H and O–H groups in total. The van der Waals surface area contributed by atoms with Crippen LogP contribution in [0.5, 0.6) is 5.75 Å². The van der Waals surface area contributed by atoms with Gasteiger partial charge in [0.25, 0.3) is 5.91 Å². The lowest BCUT2D eigenvalue weighted by Gasteiger charge is -2.14. The summed E-state index contributed by atoms with van der Waals surface area (Å²) in [5.41, 5.74) is 0.351. The molecule has 0 aliphatic heterocycles. The van der Waals surface area contributed by atoms with Crippen LogP contribution in [0.2, 0.25) is 0 Å². The third kappa shape index (κ3) is 5.27. The van der Waals surface area contributed by atoms with E-state index in [1.54, 1.807) is 6.07 Å². The Bertz CT molecular complexity index is 775. The van der Waals surface area contributed by atoms with E-state index in [2.05, 4.69) is 5.32 Å². The Morgan fingerprint density at radius 1 is 1.08 bits per heavy atom. The molecule has 2 aromatic carbocycles. The van der Waals surface area contributed by atoms with Crippen molar-refractivity contribution in [2.75, 3.05) is 11.9 Å². The van der Waals surface area contributed by atoms with Crippen molar-refractivity contribution in [3.8, 4) is 5.75 Å². The molecule has 5 nitrogen and oxygen atoms in total. The van der Waals surface area contributed by atoms with Crippen molar-refractivity contribution < 1.29 is 27.8 Å². The molecule has 1 amide bonds. The third-order valence-corrected chi connectivity index (χ3v) is 3.55. The summed E-state index contributed by atoms with van der Waals surface area (Å²) in [6.45, 7) is 3.27. The van der Waals surface area contributed by atoms with E-state index < -0.39 is 35.3 Å². The maximum Gasteiger partial charge on any atom is 0.310 e. The van der Waals surface area contributed by atoms with Gasteiger partial charge in [-0.2, -0.15) is 0 Å². The summed E-state index contributed by atoms with van der Waals surface area (Å²) in [6, 6.07) is 10.5. The summed E-state index contributed by atoms with van der Waals surface area (Å²) < 4.78 is 37.5. The number of halogens is 2. The molecule has 0 radical (unpaired) electrons. The predicted molar refractivity (Wildman–Crippen MR) is 91.8 cm³/mol. The monoisotopic (exact) mass is 363 g/mol. The number of amides is 1. The molecular formula is C19H19F2NO4. The molecule has 0 aliphatic carbocycles. The number of carbonyl (C=O) groups excluding carboxylic acids is 2. The highest BCUT2D eigenvalue weighted by atomic mass is 19.1. The number of para-hydroxylation sites is 2. The fourth-order valence-corrected chi connectivity index (χ4v) is 2.11. The number of esters is 1. The smallest absolute Gasteiger partial charge is 0.310 e. The number of carbonyl (C=O) groups is 2. The van der Waals surface area contributed by atoms with E-state index >= 15 is 0 Å². The quantitative estimate of drug-likeness (QED) is 0.763. The Labute approximate surface area is 149 Å². The van der Waals surface area contributed by atoms with Crippen LogP contribution in [-0.2, 0) is 14.3 Å². The van der Waals surface area contributed by atoms with Crippen LogP contribution in [0.4, 0.5) is 14.5 Å². The van der Waals surface area contributed by atoms with Gasteiger partial charge >= 0.3 is 5.97 Å². The molecule has 1 atom stereocenters. The molecule has 0 heterocycles. The standard InChI is InChI=1S/C19H19F2NO4/c1-12-6-3-4-9-16(12)25-11-10-17(23)26-13(2)19(24)22-18-14(20)7-5-8-15(18)21/h3-9,13H,10-11H2,1-2H3,(H,22,24)/t13-/m0/s1. The predicted octanol–water partition coefficient (Wildman–Crippen LogP) is 3.61. The Kier molecular flexibility index (Phi) is 6.66. The van der Waals surface area contributed by atoms with Crippen molar-refractivity contribution >= 4 is 17.6 Å². The van der Waals surface area contributed by atoms with Gasteiger partial charge in [-0.05, 0) is 37.6 Å². The van der Waals surface area contributed by atoms with Gasteiger partial charge in [0, 0.05) is 0 Å². The summed E-state index contributed by atoms with van der Waals surface area (Å²) >= 11 is 0. The Balaban J connectivity index is 1.81. The van der Waals surface area contributed by atoms with E-state index in [1.165, 1.54) is 13.0 Å². The Hall–Kier alpha value is -2.96. The fourth-order valence-electron chi connectivity index (χ4n) is 2.11. The number of hydrogen-bond acceptors (Lipinski definition) is 4. The molecular weight excluding hydrogens is 344 g/mol. The van der Waals surface area contributed by atoms with Crippen LogP contribution in [0, 0.1) is 18.6 Å². The average molecular weight is 363 g/mol. The molecule has 2 rings (SSSR count). The topological polar surface area (TPSA) is 64.6 Å². The Morgan fingerprint density at radius 2 is 1.73 bits per heavy atom. The van der Waals surface area contributed by atoms with Crippen LogP contribution in [-0.4, -0.2) is 24.6 Å². The lowest BCUT2D eigenvalue weighted by atomic mass is 10.2. The molecule has 0 fully saturated rings. The molecule has 0 saturated carbocycles. The highest BCUT2D eigenvalue weighted by molar-refractivity contribution is 5.95. The zero-order valence-electron chi connectivity index (χ0n) is 14.4. The van der Waals surface area contributed by atoms with Crippen molar-refractivity contribution in [2.45, 2.75) is 26.4 Å². The van der Waals surface area contributed by atoms with Gasteiger partial charge in [-0.1, -0.05) is 24.3 Å². The average Bonchev–Trinajstić information content (AvgIpc) is 2.59. The maximum absolute atomic E-state index is 13.5. The van der Waals surface area contributed by atoms with Crippen LogP contribution < -0.4 is 10.1 Å². The second-order valence-electron chi connectivity index (χ2n) is 5.58. The Morgan fingerprint density at radius 3 is 2.38 bits per heavy atom. The lowest BCUT2D eigenvalue weighted by Crippen LogP contribution is -2.31. The van der Waals surface area contributed by atoms with Crippen molar-refractivity contribution in [1.29, 1.82) is 0 Å². The van der Waals surface area contributed by atoms with Crippen molar-refractivity contribution in [1.82, 2.24) is 0 Å². The minimum Gasteiger partial charge on any atom is -0.493 e. The summed E-state index contributed by atoms with van der Waals surface area (Å²) in [6.07, 6.45) is -1.28. The SMILES string of the molecule is Cc1ccccc1OCCC(=O)O[C@@H](C)C(=O)Nc1c(F)cccc1F. The molecule has 26 heavy (non-hydrogen) atoms. The molecule has 2 aromatic rings. The molecule has 0 spiro atoms. The van der Waals surface area contributed by atoms with Crippen molar-refractivity contribution in [3.63, 3.8) is 0 Å². The number of benzene rings is 2. The third-order valence-electron chi connectivity index (χ3n) is 3.55. The molecule has 0 saturated heterocycles. The second kappa shape index (κ2) is 8.94. The number of ether oxygens (including phenoxy) is 2. The lowest BCUT2D eigenvalue weighted by molar-refractivity contribution is -0.153. The molecule has 7 heteroatoms. The number of hydrogen-bond donors (Lipinski definition) is 1. The highest BCUT2D eigenvalue weighted by Gasteiger charge is 2.20. The van der Waals surface area contributed by atoms with E-state index in [1.807, 2.05) is 25.1 Å². The molecule has 0 aromatic heterocycles. The van der Waals surface area contributed by atoms with Gasteiger partial charge in [0.1, 0.15) is 23.1 Å². The first-order valence-corrected chi connectivity index (χ1v) is 8.01. The van der Waals surface area contributed by atoms with Crippen molar-refractivity contribution in [2.24, 2.45) is 0 Å². The fraction of sp³-hybridized carbons (Fsp3) is 0.263. The van der Waals surface area contributed by atoms with E-state index in [0.29, 0.717) is 5.75 Å². The molecule has 0 unspecified atom stereocenters. The molecule has 0 bridgehead atoms. The number of rotatable bonds is 7. The van der Waals surface area contributed by atoms with Gasteiger partial charge in [0.2, 0.25) is 0 Å². The first-order chi connectivity index (χ1) is 12.4. The van der Waals surface area contributed by atoms with Gasteiger partial charge in [0.05, 0.1) is 13.0 Å².